The highest BCUT2D eigenvalue weighted by Crippen LogP contribution is 2.32. The number of aliphatic hydroxyl groups is 1. The van der Waals surface area contributed by atoms with Crippen molar-refractivity contribution >= 4 is 5.97 Å². The minimum atomic E-state index is -1.46. The van der Waals surface area contributed by atoms with Crippen LogP contribution in [0.4, 0.5) is 0 Å². The van der Waals surface area contributed by atoms with E-state index in [1.807, 2.05) is 19.1 Å². The second-order valence-corrected chi connectivity index (χ2v) is 5.21. The summed E-state index contributed by atoms with van der Waals surface area (Å²) in [5, 5.41) is 10.6. The number of hydrogen-bond acceptors (Lipinski definition) is 3. The molecule has 0 amide bonds. The highest BCUT2D eigenvalue weighted by atomic mass is 16.5. The normalized spacial score (nSPS) is 15.4. The van der Waals surface area contributed by atoms with E-state index < -0.39 is 11.6 Å². The Bertz CT molecular complexity index is 424. The van der Waals surface area contributed by atoms with Gasteiger partial charge in [0.1, 0.15) is 0 Å². The molecule has 0 aliphatic rings. The quantitative estimate of drug-likeness (QED) is 0.777. The Kier molecular flexibility index (Phi) is 6.21. The Balaban J connectivity index is 2.95. The third kappa shape index (κ3) is 3.60. The van der Waals surface area contributed by atoms with Crippen LogP contribution in [0.1, 0.15) is 57.6 Å². The van der Waals surface area contributed by atoms with E-state index in [4.69, 9.17) is 4.74 Å². The third-order valence-electron chi connectivity index (χ3n) is 3.90. The summed E-state index contributed by atoms with van der Waals surface area (Å²) in [4.78, 5) is 12.0. The molecular formula is C17H26O3. The number of benzene rings is 1. The summed E-state index contributed by atoms with van der Waals surface area (Å²) in [5.41, 5.74) is 0.782. The van der Waals surface area contributed by atoms with Crippen molar-refractivity contribution < 1.29 is 14.6 Å². The summed E-state index contributed by atoms with van der Waals surface area (Å²) in [6, 6.07) is 8.12. The Morgan fingerprint density at radius 3 is 2.30 bits per heavy atom. The maximum Gasteiger partial charge on any atom is 0.338 e. The molecule has 0 saturated carbocycles. The summed E-state index contributed by atoms with van der Waals surface area (Å²) in [7, 11) is 0. The average Bonchev–Trinajstić information content (AvgIpc) is 2.47. The molecule has 2 atom stereocenters. The van der Waals surface area contributed by atoms with E-state index in [-0.39, 0.29) is 12.5 Å². The molecule has 1 aromatic carbocycles. The first kappa shape index (κ1) is 16.7. The van der Waals surface area contributed by atoms with Gasteiger partial charge in [0.05, 0.1) is 6.61 Å². The van der Waals surface area contributed by atoms with Gasteiger partial charge < -0.3 is 9.84 Å². The van der Waals surface area contributed by atoms with E-state index in [9.17, 15) is 9.90 Å². The van der Waals surface area contributed by atoms with Crippen LogP contribution in [0, 0.1) is 0 Å². The number of aryl methyl sites for hydroxylation is 1. The lowest BCUT2D eigenvalue weighted by molar-refractivity contribution is -0.167. The van der Waals surface area contributed by atoms with E-state index in [2.05, 4.69) is 19.1 Å². The summed E-state index contributed by atoms with van der Waals surface area (Å²) >= 11 is 0. The predicted octanol–water partition coefficient (Wildman–Crippen LogP) is 3.45. The minimum absolute atomic E-state index is 0.281. The largest absolute Gasteiger partial charge is 0.464 e. The van der Waals surface area contributed by atoms with Crippen molar-refractivity contribution in [3.8, 4) is 0 Å². The summed E-state index contributed by atoms with van der Waals surface area (Å²) in [6.45, 7) is 7.85. The van der Waals surface area contributed by atoms with Crippen molar-refractivity contribution in [2.24, 2.45) is 0 Å². The van der Waals surface area contributed by atoms with Gasteiger partial charge in [0.2, 0.25) is 0 Å². The number of hydrogen-bond donors (Lipinski definition) is 1. The first-order valence-corrected chi connectivity index (χ1v) is 7.48. The van der Waals surface area contributed by atoms with Crippen molar-refractivity contribution in [3.05, 3.63) is 35.4 Å². The highest BCUT2D eigenvalue weighted by molar-refractivity contribution is 5.80. The Morgan fingerprint density at radius 1 is 1.25 bits per heavy atom. The molecule has 1 rings (SSSR count). The van der Waals surface area contributed by atoms with Gasteiger partial charge in [0.15, 0.2) is 5.60 Å². The molecule has 0 heterocycles. The number of esters is 1. The molecule has 0 fully saturated rings. The van der Waals surface area contributed by atoms with E-state index in [0.29, 0.717) is 6.42 Å². The van der Waals surface area contributed by atoms with E-state index in [1.54, 1.807) is 13.8 Å². The molecule has 3 heteroatoms. The first-order chi connectivity index (χ1) is 9.49. The molecule has 20 heavy (non-hydrogen) atoms. The molecule has 0 bridgehead atoms. The van der Waals surface area contributed by atoms with E-state index >= 15 is 0 Å². The van der Waals surface area contributed by atoms with Crippen molar-refractivity contribution in [3.63, 3.8) is 0 Å². The van der Waals surface area contributed by atoms with Crippen LogP contribution < -0.4 is 0 Å². The van der Waals surface area contributed by atoms with Gasteiger partial charge in [0, 0.05) is 5.92 Å². The van der Waals surface area contributed by atoms with Gasteiger partial charge in [-0.15, -0.1) is 0 Å². The van der Waals surface area contributed by atoms with Crippen LogP contribution in [-0.2, 0) is 16.0 Å². The van der Waals surface area contributed by atoms with Gasteiger partial charge in [0.25, 0.3) is 0 Å². The lowest BCUT2D eigenvalue weighted by atomic mass is 9.81. The van der Waals surface area contributed by atoms with Crippen LogP contribution in [-0.4, -0.2) is 23.3 Å². The molecule has 1 N–H and O–H groups in total. The van der Waals surface area contributed by atoms with Gasteiger partial charge >= 0.3 is 5.97 Å². The molecule has 0 aromatic heterocycles. The van der Waals surface area contributed by atoms with Crippen LogP contribution in [0.2, 0.25) is 0 Å². The van der Waals surface area contributed by atoms with Gasteiger partial charge in [-0.25, -0.2) is 4.79 Å². The Morgan fingerprint density at radius 2 is 1.85 bits per heavy atom. The zero-order chi connectivity index (χ0) is 15.2. The molecule has 0 aliphatic carbocycles. The standard InChI is InChI=1S/C17H26O3/c1-5-8-14-9-11-15(12-10-14)13(4)17(19,6-2)16(18)20-7-3/h9-13,19H,5-8H2,1-4H3. The van der Waals surface area contributed by atoms with Crippen LogP contribution in [0.5, 0.6) is 0 Å². The lowest BCUT2D eigenvalue weighted by Gasteiger charge is -2.31. The summed E-state index contributed by atoms with van der Waals surface area (Å²) in [5.74, 6) is -0.824. The maximum absolute atomic E-state index is 12.0. The highest BCUT2D eigenvalue weighted by Gasteiger charge is 2.42. The van der Waals surface area contributed by atoms with E-state index in [1.165, 1.54) is 5.56 Å². The fraction of sp³-hybridized carbons (Fsp3) is 0.588. The molecule has 1 aromatic rings. The van der Waals surface area contributed by atoms with Crippen LogP contribution in [0.15, 0.2) is 24.3 Å². The van der Waals surface area contributed by atoms with Crippen molar-refractivity contribution in [1.29, 1.82) is 0 Å². The van der Waals surface area contributed by atoms with Gasteiger partial charge in [-0.1, -0.05) is 51.5 Å². The minimum Gasteiger partial charge on any atom is -0.464 e. The molecule has 0 saturated heterocycles. The molecular weight excluding hydrogens is 252 g/mol. The zero-order valence-corrected chi connectivity index (χ0v) is 13.0. The summed E-state index contributed by atoms with van der Waals surface area (Å²) < 4.78 is 5.01. The molecule has 0 radical (unpaired) electrons. The molecule has 112 valence electrons. The van der Waals surface area contributed by atoms with E-state index in [0.717, 1.165) is 18.4 Å². The Labute approximate surface area is 122 Å². The molecule has 0 spiro atoms. The topological polar surface area (TPSA) is 46.5 Å². The smallest absolute Gasteiger partial charge is 0.338 e. The molecule has 0 aliphatic heterocycles. The number of carbonyl (C=O) groups excluding carboxylic acids is 1. The van der Waals surface area contributed by atoms with Crippen molar-refractivity contribution in [1.82, 2.24) is 0 Å². The van der Waals surface area contributed by atoms with Crippen molar-refractivity contribution in [2.75, 3.05) is 6.61 Å². The predicted molar refractivity (Wildman–Crippen MR) is 80.7 cm³/mol. The third-order valence-corrected chi connectivity index (χ3v) is 3.90. The Hall–Kier alpha value is -1.35. The summed E-state index contributed by atoms with van der Waals surface area (Å²) in [6.07, 6.45) is 2.49. The second-order valence-electron chi connectivity index (χ2n) is 5.21. The number of carbonyl (C=O) groups is 1. The maximum atomic E-state index is 12.0. The SMILES string of the molecule is CCCc1ccc(C(C)C(O)(CC)C(=O)OCC)cc1. The lowest BCUT2D eigenvalue weighted by Crippen LogP contribution is -2.44. The molecule has 2 unspecified atom stereocenters. The van der Waals surface area contributed by atoms with Crippen LogP contribution >= 0.6 is 0 Å². The van der Waals surface area contributed by atoms with Gasteiger partial charge in [-0.3, -0.25) is 0 Å². The first-order valence-electron chi connectivity index (χ1n) is 7.48. The monoisotopic (exact) mass is 278 g/mol. The number of ether oxygens (including phenoxy) is 1. The fourth-order valence-corrected chi connectivity index (χ4v) is 2.42. The van der Waals surface area contributed by atoms with Crippen LogP contribution in [0.3, 0.4) is 0 Å². The van der Waals surface area contributed by atoms with Gasteiger partial charge in [-0.2, -0.15) is 0 Å². The molecule has 3 nitrogen and oxygen atoms in total. The van der Waals surface area contributed by atoms with Crippen molar-refractivity contribution in [2.45, 2.75) is 58.5 Å². The number of rotatable bonds is 7. The average molecular weight is 278 g/mol. The second kappa shape index (κ2) is 7.44. The van der Waals surface area contributed by atoms with Gasteiger partial charge in [-0.05, 0) is 30.9 Å². The zero-order valence-electron chi connectivity index (χ0n) is 13.0. The van der Waals surface area contributed by atoms with Crippen LogP contribution in [0.25, 0.3) is 0 Å². The fourth-order valence-electron chi connectivity index (χ4n) is 2.42.